The van der Waals surface area contributed by atoms with Gasteiger partial charge in [-0.25, -0.2) is 0 Å². The zero-order chi connectivity index (χ0) is 81.5. The van der Waals surface area contributed by atoms with Crippen LogP contribution in [0.5, 0.6) is 0 Å². The van der Waals surface area contributed by atoms with Crippen LogP contribution in [0.25, 0.3) is 0 Å². The number of carbonyl (C=O) groups is 14. The predicted octanol–water partition coefficient (Wildman–Crippen LogP) is -2.86. The summed E-state index contributed by atoms with van der Waals surface area (Å²) >= 11 is 0. The van der Waals surface area contributed by atoms with Crippen LogP contribution in [0.2, 0.25) is 0 Å². The summed E-state index contributed by atoms with van der Waals surface area (Å²) in [5, 5.41) is 34.8. The predicted molar refractivity (Wildman–Crippen MR) is 410 cm³/mol. The monoisotopic (exact) mass is 1520 g/mol. The average molecular weight is 1520 g/mol. The van der Waals surface area contributed by atoms with Crippen LogP contribution >= 0.6 is 0 Å². The molecule has 0 aromatic heterocycles. The van der Waals surface area contributed by atoms with Gasteiger partial charge in [0.15, 0.2) is 0 Å². The Labute approximate surface area is 634 Å². The summed E-state index contributed by atoms with van der Waals surface area (Å²) < 4.78 is 0. The van der Waals surface area contributed by atoms with Crippen molar-refractivity contribution >= 4 is 82.7 Å². The van der Waals surface area contributed by atoms with Gasteiger partial charge >= 0.3 is 0 Å². The van der Waals surface area contributed by atoms with E-state index < -0.39 is 167 Å². The number of amides is 14. The van der Waals surface area contributed by atoms with Crippen molar-refractivity contribution in [1.29, 1.82) is 0 Å². The summed E-state index contributed by atoms with van der Waals surface area (Å²) in [6, 6.07) is -16.6. The summed E-state index contributed by atoms with van der Waals surface area (Å²) in [4.78, 5) is 193. The lowest BCUT2D eigenvalue weighted by molar-refractivity contribution is -0.136. The third-order valence-electron chi connectivity index (χ3n) is 17.6. The summed E-state index contributed by atoms with van der Waals surface area (Å²) in [5.41, 5.74) is 46.0. The fraction of sp³-hybridized carbons (Fsp3) is 0.806. The molecule has 616 valence electrons. The standard InChI is InChI=1S/C72H139N21O14/c1-41(2)37-55(90-64(99)49(79)25-13-19-31-73)69(104)82-46(10)62(97)87-52(28-16-22-34-76)67(102)92-57(39-43(5)6)71(106)83-47(11)61(96)86-51(27-15-21-33-75)65(100)89-54(30-18-24-36-78)68(103)93-58(40-44(7)8)72(107)84-48(12)63(98)88-53(29-17-23-35-77)66(101)91-56(38-42(3)4)70(105)81-45(9)60(95)85-50(59(80)94)26-14-20-32-74/h41-58H,13-40,73-79H2,1-12H3,(H2,80,94)(H,81,105)(H,82,104)(H,83,106)(H,84,107)(H,85,95)(H,86,96)(H,87,97)(H,88,98)(H,89,100)(H,90,99)(H,91,101)(H,92,102)(H,93,103)/t45-,46-,47-,48-,49-,50-,51-,52-,53-,54-,55-,56-,57-,58-/m0/s1. The van der Waals surface area contributed by atoms with Gasteiger partial charge in [-0.15, -0.1) is 0 Å². The third kappa shape index (κ3) is 42.6. The fourth-order valence-electron chi connectivity index (χ4n) is 11.3. The third-order valence-corrected chi connectivity index (χ3v) is 17.6. The molecule has 0 saturated carbocycles. The van der Waals surface area contributed by atoms with Crippen LogP contribution in [0.1, 0.15) is 224 Å². The molecule has 35 nitrogen and oxygen atoms in total. The van der Waals surface area contributed by atoms with Crippen molar-refractivity contribution in [2.45, 2.75) is 309 Å². The van der Waals surface area contributed by atoms with Gasteiger partial charge in [-0.3, -0.25) is 67.1 Å². The SMILES string of the molecule is CC(C)C[C@H](NC(=O)[C@H](CCCCN)NC(=O)[C@H](C)NC(=O)[C@H](CC(C)C)NC(=O)[C@H](CCCCN)NC(=O)[C@H](CCCCN)NC(=O)[C@H](C)NC(=O)[C@H](CC(C)C)NC(=O)[C@H](CCCCN)NC(=O)[C@H](C)NC(=O)[C@H](CC(C)C)NC(=O)[C@@H](N)CCCCN)C(=O)N[C@@H](C)C(=O)N[C@@H](CCCCN)C(N)=O. The van der Waals surface area contributed by atoms with Gasteiger partial charge in [-0.2, -0.15) is 0 Å². The zero-order valence-electron chi connectivity index (χ0n) is 66.0. The molecular weight excluding hydrogens is 1380 g/mol. The molecule has 0 bridgehead atoms. The van der Waals surface area contributed by atoms with Gasteiger partial charge in [0, 0.05) is 0 Å². The van der Waals surface area contributed by atoms with Crippen LogP contribution in [0, 0.1) is 23.7 Å². The van der Waals surface area contributed by atoms with E-state index in [4.69, 9.17) is 45.9 Å². The maximum atomic E-state index is 14.5. The second-order valence-electron chi connectivity index (χ2n) is 29.7. The molecule has 0 aliphatic heterocycles. The van der Waals surface area contributed by atoms with Crippen molar-refractivity contribution in [1.82, 2.24) is 69.1 Å². The van der Waals surface area contributed by atoms with Crippen LogP contribution < -0.4 is 115 Å². The molecule has 0 aromatic carbocycles. The molecule has 0 aliphatic rings. The Morgan fingerprint density at radius 1 is 0.215 bits per heavy atom. The van der Waals surface area contributed by atoms with Crippen LogP contribution in [0.15, 0.2) is 0 Å². The molecule has 0 rings (SSSR count). The lowest BCUT2D eigenvalue weighted by Gasteiger charge is -2.28. The van der Waals surface area contributed by atoms with E-state index in [9.17, 15) is 67.1 Å². The minimum absolute atomic E-state index is 0.0376. The van der Waals surface area contributed by atoms with Gasteiger partial charge in [0.25, 0.3) is 0 Å². The van der Waals surface area contributed by atoms with Crippen LogP contribution in [-0.2, 0) is 67.1 Å². The highest BCUT2D eigenvalue weighted by Crippen LogP contribution is 2.15. The molecular formula is C72H139N21O14. The Bertz CT molecular complexity index is 2750. The summed E-state index contributed by atoms with van der Waals surface area (Å²) in [6.07, 6.45) is 7.07. The molecule has 0 radical (unpaired) electrons. The fourth-order valence-corrected chi connectivity index (χ4v) is 11.3. The number of rotatable bonds is 59. The molecule has 0 unspecified atom stereocenters. The zero-order valence-corrected chi connectivity index (χ0v) is 66.0. The molecule has 0 saturated heterocycles. The lowest BCUT2D eigenvalue weighted by atomic mass is 10.0. The van der Waals surface area contributed by atoms with Crippen molar-refractivity contribution in [3.8, 4) is 0 Å². The molecule has 0 heterocycles. The highest BCUT2D eigenvalue weighted by atomic mass is 16.2. The number of nitrogens with one attached hydrogen (secondary N) is 13. The van der Waals surface area contributed by atoms with Gasteiger partial charge in [0.1, 0.15) is 78.5 Å². The Morgan fingerprint density at radius 3 is 0.589 bits per heavy atom. The Morgan fingerprint density at radius 2 is 0.383 bits per heavy atom. The van der Waals surface area contributed by atoms with Crippen LogP contribution in [-0.4, -0.2) is 207 Å². The quantitative estimate of drug-likeness (QED) is 0.0272. The lowest BCUT2D eigenvalue weighted by Crippen LogP contribution is -2.60. The largest absolute Gasteiger partial charge is 0.368 e. The van der Waals surface area contributed by atoms with E-state index in [1.54, 1.807) is 13.8 Å². The molecule has 0 fully saturated rings. The number of primary amides is 1. The van der Waals surface area contributed by atoms with E-state index in [0.717, 1.165) is 0 Å². The smallest absolute Gasteiger partial charge is 0.243 e. The van der Waals surface area contributed by atoms with Crippen LogP contribution in [0.3, 0.4) is 0 Å². The highest BCUT2D eigenvalue weighted by Gasteiger charge is 2.37. The highest BCUT2D eigenvalue weighted by molar-refractivity contribution is 6.00. The van der Waals surface area contributed by atoms with Crippen molar-refractivity contribution in [3.05, 3.63) is 0 Å². The number of hydrogen-bond donors (Lipinski definition) is 21. The first-order valence-corrected chi connectivity index (χ1v) is 38.6. The minimum Gasteiger partial charge on any atom is -0.368 e. The molecule has 0 aromatic rings. The molecule has 29 N–H and O–H groups in total. The number of unbranched alkanes of at least 4 members (excludes halogenated alkanes) is 6. The maximum Gasteiger partial charge on any atom is 0.243 e. The summed E-state index contributed by atoms with van der Waals surface area (Å²) in [7, 11) is 0. The maximum absolute atomic E-state index is 14.5. The summed E-state index contributed by atoms with van der Waals surface area (Å²) in [5.74, 6) is -10.8. The Kier molecular flexibility index (Phi) is 51.7. The molecule has 14 amide bonds. The second kappa shape index (κ2) is 55.7. The molecule has 0 spiro atoms. The van der Waals surface area contributed by atoms with Gasteiger partial charge < -0.3 is 115 Å². The number of nitrogens with two attached hydrogens (primary N) is 8. The van der Waals surface area contributed by atoms with E-state index in [1.165, 1.54) is 27.7 Å². The molecule has 14 atom stereocenters. The normalized spacial score (nSPS) is 15.4. The van der Waals surface area contributed by atoms with E-state index >= 15 is 0 Å². The van der Waals surface area contributed by atoms with Gasteiger partial charge in [-0.1, -0.05) is 61.8 Å². The van der Waals surface area contributed by atoms with Crippen molar-refractivity contribution < 1.29 is 67.1 Å². The van der Waals surface area contributed by atoms with Crippen molar-refractivity contribution in [2.75, 3.05) is 39.3 Å². The Balaban J connectivity index is 6.68. The van der Waals surface area contributed by atoms with E-state index in [1.807, 2.05) is 41.5 Å². The van der Waals surface area contributed by atoms with E-state index in [2.05, 4.69) is 69.1 Å². The first-order valence-electron chi connectivity index (χ1n) is 38.6. The van der Waals surface area contributed by atoms with Gasteiger partial charge in [0.2, 0.25) is 82.7 Å². The first kappa shape index (κ1) is 99.3. The molecule has 107 heavy (non-hydrogen) atoms. The minimum atomic E-state index is -1.32. The van der Waals surface area contributed by atoms with Crippen LogP contribution in [0.4, 0.5) is 0 Å². The number of hydrogen-bond acceptors (Lipinski definition) is 21. The van der Waals surface area contributed by atoms with Crippen molar-refractivity contribution in [3.63, 3.8) is 0 Å². The van der Waals surface area contributed by atoms with E-state index in [0.29, 0.717) is 96.6 Å². The average Bonchev–Trinajstić information content (AvgIpc) is 0.867. The number of carbonyl (C=O) groups excluding carboxylic acids is 14. The molecule has 0 aliphatic carbocycles. The topological polar surface area (TPSA) is 604 Å². The van der Waals surface area contributed by atoms with Gasteiger partial charge in [-0.05, 0) is 225 Å². The Hall–Kier alpha value is -7.70. The van der Waals surface area contributed by atoms with E-state index in [-0.39, 0.29) is 108 Å². The molecule has 35 heteroatoms. The summed E-state index contributed by atoms with van der Waals surface area (Å²) in [6.45, 7) is 22.0. The van der Waals surface area contributed by atoms with Gasteiger partial charge in [0.05, 0.1) is 6.04 Å². The first-order chi connectivity index (χ1) is 50.4. The van der Waals surface area contributed by atoms with Crippen molar-refractivity contribution in [2.24, 2.45) is 69.5 Å². The second-order valence-corrected chi connectivity index (χ2v) is 29.7.